The van der Waals surface area contributed by atoms with Gasteiger partial charge in [0.2, 0.25) is 6.10 Å². The zero-order chi connectivity index (χ0) is 22.0. The molecule has 1 unspecified atom stereocenters. The quantitative estimate of drug-likeness (QED) is 0.478. The molecule has 2 amide bonds. The monoisotopic (exact) mass is 419 g/mol. The lowest BCUT2D eigenvalue weighted by Gasteiger charge is -2.26. The Morgan fingerprint density at radius 2 is 1.90 bits per heavy atom. The molecule has 0 spiro atoms. The van der Waals surface area contributed by atoms with Crippen LogP contribution >= 0.6 is 0 Å². The maximum absolute atomic E-state index is 12.6. The van der Waals surface area contributed by atoms with E-state index in [0.717, 1.165) is 11.6 Å². The van der Waals surface area contributed by atoms with Gasteiger partial charge in [-0.25, -0.2) is 0 Å². The molecular formula is C22H17N3O6. The lowest BCUT2D eigenvalue weighted by Crippen LogP contribution is -2.30. The molecule has 3 aromatic carbocycles. The summed E-state index contributed by atoms with van der Waals surface area (Å²) in [5, 5.41) is 16.6. The first kappa shape index (κ1) is 19.9. The molecule has 156 valence electrons. The minimum Gasteiger partial charge on any atom is -0.490 e. The van der Waals surface area contributed by atoms with Gasteiger partial charge < -0.3 is 20.1 Å². The Morgan fingerprint density at radius 3 is 2.61 bits per heavy atom. The van der Waals surface area contributed by atoms with E-state index in [4.69, 9.17) is 9.47 Å². The Kier molecular flexibility index (Phi) is 5.23. The molecule has 0 radical (unpaired) electrons. The highest BCUT2D eigenvalue weighted by Gasteiger charge is 2.29. The van der Waals surface area contributed by atoms with Crippen LogP contribution in [0.3, 0.4) is 0 Å². The minimum absolute atomic E-state index is 0.0585. The SMILES string of the molecule is COc1ccc(C(=O)Nc2ccc3c(c2)NC(=O)C(c2ccccc2)O3)cc1[N+](=O)[O-]. The second-order valence-corrected chi connectivity index (χ2v) is 6.71. The van der Waals surface area contributed by atoms with Gasteiger partial charge in [0.25, 0.3) is 11.8 Å². The van der Waals surface area contributed by atoms with Crippen molar-refractivity contribution in [1.29, 1.82) is 0 Å². The van der Waals surface area contributed by atoms with Gasteiger partial charge in [0.1, 0.15) is 5.75 Å². The van der Waals surface area contributed by atoms with Crippen LogP contribution in [0.4, 0.5) is 17.1 Å². The van der Waals surface area contributed by atoms with Gasteiger partial charge in [0.15, 0.2) is 5.75 Å². The molecule has 1 atom stereocenters. The molecule has 31 heavy (non-hydrogen) atoms. The standard InChI is InChI=1S/C22H17N3O6/c1-30-19-9-7-14(11-17(19)25(28)29)21(26)23-15-8-10-18-16(12-15)24-22(27)20(31-18)13-5-3-2-4-6-13/h2-12,20H,1H3,(H,23,26)(H,24,27). The summed E-state index contributed by atoms with van der Waals surface area (Å²) < 4.78 is 10.8. The third kappa shape index (κ3) is 4.01. The predicted molar refractivity (Wildman–Crippen MR) is 112 cm³/mol. The van der Waals surface area contributed by atoms with Gasteiger partial charge in [-0.05, 0) is 30.3 Å². The molecule has 2 N–H and O–H groups in total. The molecule has 3 aromatic rings. The zero-order valence-electron chi connectivity index (χ0n) is 16.3. The number of nitro groups is 1. The van der Waals surface area contributed by atoms with E-state index < -0.39 is 16.9 Å². The maximum atomic E-state index is 12.6. The molecule has 1 heterocycles. The van der Waals surface area contributed by atoms with Gasteiger partial charge >= 0.3 is 5.69 Å². The Balaban J connectivity index is 1.53. The summed E-state index contributed by atoms with van der Waals surface area (Å²) >= 11 is 0. The third-order valence-electron chi connectivity index (χ3n) is 4.72. The van der Waals surface area contributed by atoms with Crippen LogP contribution in [-0.4, -0.2) is 23.8 Å². The Morgan fingerprint density at radius 1 is 1.13 bits per heavy atom. The van der Waals surface area contributed by atoms with Crippen LogP contribution in [0, 0.1) is 10.1 Å². The number of amides is 2. The summed E-state index contributed by atoms with van der Waals surface area (Å²) in [7, 11) is 1.31. The van der Waals surface area contributed by atoms with Crippen LogP contribution in [0.25, 0.3) is 0 Å². The number of rotatable bonds is 5. The second kappa shape index (κ2) is 8.15. The van der Waals surface area contributed by atoms with Crippen molar-refractivity contribution >= 4 is 28.9 Å². The van der Waals surface area contributed by atoms with Crippen molar-refractivity contribution in [3.8, 4) is 11.5 Å². The van der Waals surface area contributed by atoms with Crippen LogP contribution in [-0.2, 0) is 4.79 Å². The summed E-state index contributed by atoms with van der Waals surface area (Å²) in [6.07, 6.45) is -0.769. The van der Waals surface area contributed by atoms with Crippen LogP contribution < -0.4 is 20.1 Å². The number of hydrogen-bond donors (Lipinski definition) is 2. The number of nitrogens with zero attached hydrogens (tertiary/aromatic N) is 1. The number of nitro benzene ring substituents is 1. The molecular weight excluding hydrogens is 402 g/mol. The Hall–Kier alpha value is -4.40. The van der Waals surface area contributed by atoms with Crippen LogP contribution in [0.2, 0.25) is 0 Å². The van der Waals surface area contributed by atoms with Crippen molar-refractivity contribution < 1.29 is 24.0 Å². The van der Waals surface area contributed by atoms with Crippen LogP contribution in [0.1, 0.15) is 22.0 Å². The number of nitrogens with one attached hydrogen (secondary N) is 2. The van der Waals surface area contributed by atoms with Crippen molar-refractivity contribution in [3.05, 3.63) is 88.0 Å². The molecule has 0 fully saturated rings. The highest BCUT2D eigenvalue weighted by Crippen LogP contribution is 2.37. The average molecular weight is 419 g/mol. The summed E-state index contributed by atoms with van der Waals surface area (Å²) in [6.45, 7) is 0. The number of anilines is 2. The van der Waals surface area contributed by atoms with E-state index in [2.05, 4.69) is 10.6 Å². The fourth-order valence-corrected chi connectivity index (χ4v) is 3.21. The molecule has 0 aromatic heterocycles. The highest BCUT2D eigenvalue weighted by molar-refractivity contribution is 6.06. The van der Waals surface area contributed by atoms with Gasteiger partial charge in [-0.2, -0.15) is 0 Å². The molecule has 0 bridgehead atoms. The Bertz CT molecular complexity index is 1180. The van der Waals surface area contributed by atoms with E-state index in [1.165, 1.54) is 19.2 Å². The molecule has 9 nitrogen and oxygen atoms in total. The lowest BCUT2D eigenvalue weighted by atomic mass is 10.1. The number of ether oxygens (including phenoxy) is 2. The zero-order valence-corrected chi connectivity index (χ0v) is 16.3. The molecule has 1 aliphatic heterocycles. The van der Waals surface area contributed by atoms with Crippen molar-refractivity contribution in [2.24, 2.45) is 0 Å². The molecule has 0 saturated heterocycles. The summed E-state index contributed by atoms with van der Waals surface area (Å²) in [5.74, 6) is -0.349. The summed E-state index contributed by atoms with van der Waals surface area (Å²) in [4.78, 5) is 35.6. The normalized spacial score (nSPS) is 14.6. The predicted octanol–water partition coefficient (Wildman–Crippen LogP) is 3.93. The molecule has 0 aliphatic carbocycles. The molecule has 4 rings (SSSR count). The first-order valence-electron chi connectivity index (χ1n) is 9.26. The molecule has 1 aliphatic rings. The van der Waals surface area contributed by atoms with Gasteiger partial charge in [-0.1, -0.05) is 30.3 Å². The fourth-order valence-electron chi connectivity index (χ4n) is 3.21. The van der Waals surface area contributed by atoms with Gasteiger partial charge in [-0.15, -0.1) is 0 Å². The third-order valence-corrected chi connectivity index (χ3v) is 4.72. The first-order valence-corrected chi connectivity index (χ1v) is 9.26. The molecule has 0 saturated carbocycles. The molecule has 9 heteroatoms. The number of carbonyl (C=O) groups is 2. The topological polar surface area (TPSA) is 120 Å². The first-order chi connectivity index (χ1) is 15.0. The van der Waals surface area contributed by atoms with E-state index in [1.807, 2.05) is 18.2 Å². The number of hydrogen-bond acceptors (Lipinski definition) is 6. The maximum Gasteiger partial charge on any atom is 0.311 e. The van der Waals surface area contributed by atoms with Gasteiger partial charge in [0, 0.05) is 22.9 Å². The van der Waals surface area contributed by atoms with E-state index in [9.17, 15) is 19.7 Å². The Labute approximate surface area is 176 Å². The van der Waals surface area contributed by atoms with Crippen molar-refractivity contribution in [1.82, 2.24) is 0 Å². The number of fused-ring (bicyclic) bond motifs is 1. The summed E-state index contributed by atoms with van der Waals surface area (Å²) in [5.41, 5.74) is 1.31. The minimum atomic E-state index is -0.769. The van der Waals surface area contributed by atoms with Gasteiger partial charge in [-0.3, -0.25) is 19.7 Å². The average Bonchev–Trinajstić information content (AvgIpc) is 2.78. The smallest absolute Gasteiger partial charge is 0.311 e. The van der Waals surface area contributed by atoms with E-state index >= 15 is 0 Å². The fraction of sp³-hybridized carbons (Fsp3) is 0.0909. The number of carbonyl (C=O) groups excluding carboxylic acids is 2. The van der Waals surface area contributed by atoms with Crippen molar-refractivity contribution in [2.45, 2.75) is 6.10 Å². The van der Waals surface area contributed by atoms with Crippen molar-refractivity contribution in [2.75, 3.05) is 17.7 Å². The van der Waals surface area contributed by atoms with E-state index in [0.29, 0.717) is 17.1 Å². The number of benzene rings is 3. The lowest BCUT2D eigenvalue weighted by molar-refractivity contribution is -0.385. The van der Waals surface area contributed by atoms with Crippen LogP contribution in [0.5, 0.6) is 11.5 Å². The van der Waals surface area contributed by atoms with Crippen LogP contribution in [0.15, 0.2) is 66.7 Å². The van der Waals surface area contributed by atoms with E-state index in [-0.39, 0.29) is 22.9 Å². The largest absolute Gasteiger partial charge is 0.490 e. The van der Waals surface area contributed by atoms with E-state index in [1.54, 1.807) is 30.3 Å². The summed E-state index contributed by atoms with van der Waals surface area (Å²) in [6, 6.07) is 17.8. The number of methoxy groups -OCH3 is 1. The highest BCUT2D eigenvalue weighted by atomic mass is 16.6. The van der Waals surface area contributed by atoms with Gasteiger partial charge in [0.05, 0.1) is 17.7 Å². The second-order valence-electron chi connectivity index (χ2n) is 6.71. The van der Waals surface area contributed by atoms with Crippen molar-refractivity contribution in [3.63, 3.8) is 0 Å².